The smallest absolute Gasteiger partial charge is 0.168 e. The number of allylic oxidation sites excluding steroid dienone is 2. The van der Waals surface area contributed by atoms with Gasteiger partial charge in [-0.1, -0.05) is 17.7 Å². The Morgan fingerprint density at radius 1 is 1.04 bits per heavy atom. The summed E-state index contributed by atoms with van der Waals surface area (Å²) in [6.07, 6.45) is 8.35. The maximum atomic E-state index is 13.4. The molecule has 1 atom stereocenters. The molecule has 1 aromatic rings. The molecule has 1 heterocycles. The summed E-state index contributed by atoms with van der Waals surface area (Å²) in [7, 11) is 3.27. The lowest BCUT2D eigenvalue weighted by molar-refractivity contribution is -0.123. The molecular weight excluding hydrogens is 376 g/mol. The van der Waals surface area contributed by atoms with Gasteiger partial charge in [0.2, 0.25) is 0 Å². The number of hydrogen-bond donors (Lipinski definition) is 0. The van der Waals surface area contributed by atoms with Crippen molar-refractivity contribution in [2.24, 2.45) is 5.41 Å². The fraction of sp³-hybridized carbons (Fsp3) is 0.500. The summed E-state index contributed by atoms with van der Waals surface area (Å²) >= 11 is 4.13. The van der Waals surface area contributed by atoms with Crippen molar-refractivity contribution >= 4 is 35.4 Å². The molecule has 3 nitrogen and oxygen atoms in total. The first-order valence-corrected chi connectivity index (χ1v) is 11.4. The van der Waals surface area contributed by atoms with Crippen LogP contribution in [0.4, 0.5) is 0 Å². The maximum absolute atomic E-state index is 13.4. The van der Waals surface area contributed by atoms with Gasteiger partial charge in [0.05, 0.1) is 23.7 Å². The van der Waals surface area contributed by atoms with Crippen molar-refractivity contribution < 1.29 is 14.3 Å². The molecule has 27 heavy (non-hydrogen) atoms. The van der Waals surface area contributed by atoms with E-state index in [-0.39, 0.29) is 9.49 Å². The van der Waals surface area contributed by atoms with Gasteiger partial charge in [0.25, 0.3) is 0 Å². The Bertz CT molecular complexity index is 821. The number of benzene rings is 1. The molecule has 3 aliphatic rings. The van der Waals surface area contributed by atoms with Crippen LogP contribution in [0.5, 0.6) is 11.5 Å². The highest BCUT2D eigenvalue weighted by Crippen LogP contribution is 2.58. The third-order valence-electron chi connectivity index (χ3n) is 6.06. The third kappa shape index (κ3) is 3.33. The Morgan fingerprint density at radius 3 is 2.48 bits per heavy atom. The van der Waals surface area contributed by atoms with Gasteiger partial charge in [0.15, 0.2) is 17.3 Å². The molecule has 1 saturated carbocycles. The highest BCUT2D eigenvalue weighted by molar-refractivity contribution is 8.21. The molecule has 2 fully saturated rings. The Kier molecular flexibility index (Phi) is 5.10. The van der Waals surface area contributed by atoms with Gasteiger partial charge in [0.1, 0.15) is 0 Å². The molecule has 0 amide bonds. The largest absolute Gasteiger partial charge is 0.493 e. The number of carbonyl (C=O) groups is 1. The Labute approximate surface area is 170 Å². The van der Waals surface area contributed by atoms with Crippen molar-refractivity contribution in [3.8, 4) is 11.5 Å². The number of thioether (sulfide) groups is 2. The molecule has 4 rings (SSSR count). The molecule has 1 unspecified atom stereocenters. The zero-order valence-electron chi connectivity index (χ0n) is 16.2. The lowest BCUT2D eigenvalue weighted by atomic mass is 9.63. The second kappa shape index (κ2) is 7.25. The average Bonchev–Trinajstić information content (AvgIpc) is 3.14. The lowest BCUT2D eigenvalue weighted by Crippen LogP contribution is -2.40. The summed E-state index contributed by atoms with van der Waals surface area (Å²) in [4.78, 5) is 13.4. The van der Waals surface area contributed by atoms with Gasteiger partial charge in [-0.15, -0.1) is 23.5 Å². The van der Waals surface area contributed by atoms with Crippen LogP contribution in [-0.2, 0) is 4.79 Å². The number of rotatable bonds is 3. The number of ketones is 1. The van der Waals surface area contributed by atoms with E-state index < -0.39 is 0 Å². The quantitative estimate of drug-likeness (QED) is 0.503. The van der Waals surface area contributed by atoms with Crippen molar-refractivity contribution in [3.63, 3.8) is 0 Å². The minimum atomic E-state index is -0.324. The lowest BCUT2D eigenvalue weighted by Gasteiger charge is -2.44. The van der Waals surface area contributed by atoms with Gasteiger partial charge < -0.3 is 9.47 Å². The fourth-order valence-electron chi connectivity index (χ4n) is 4.41. The summed E-state index contributed by atoms with van der Waals surface area (Å²) in [5, 5.41) is 0. The molecular formula is C22H26O3S2. The van der Waals surface area contributed by atoms with E-state index in [2.05, 4.69) is 36.5 Å². The normalized spacial score (nSPS) is 28.2. The zero-order valence-corrected chi connectivity index (χ0v) is 17.8. The maximum Gasteiger partial charge on any atom is 0.168 e. The van der Waals surface area contributed by atoms with Crippen LogP contribution >= 0.6 is 23.5 Å². The van der Waals surface area contributed by atoms with Crippen LogP contribution in [0.2, 0.25) is 0 Å². The first-order chi connectivity index (χ1) is 13.0. The van der Waals surface area contributed by atoms with Crippen molar-refractivity contribution in [2.75, 3.05) is 25.7 Å². The highest BCUT2D eigenvalue weighted by atomic mass is 32.2. The summed E-state index contributed by atoms with van der Waals surface area (Å²) < 4.78 is 10.9. The standard InChI is InChI=1S/C22H26O3S2/c1-21-8-9-22(26-10-11-27-22)14-17(21)6-5-16(20(21)23)12-15-4-7-18(24-2)19(13-15)25-3/h4,7,12-14H,5-6,8-11H2,1-3H3/b16-12+. The molecule has 0 aromatic heterocycles. The van der Waals surface area contributed by atoms with E-state index in [1.807, 2.05) is 24.3 Å². The molecule has 144 valence electrons. The molecule has 1 aliphatic heterocycles. The van der Waals surface area contributed by atoms with Gasteiger partial charge in [0, 0.05) is 11.5 Å². The van der Waals surface area contributed by atoms with E-state index in [0.29, 0.717) is 17.3 Å². The van der Waals surface area contributed by atoms with Crippen molar-refractivity contribution in [3.05, 3.63) is 41.0 Å². The van der Waals surface area contributed by atoms with E-state index in [4.69, 9.17) is 9.47 Å². The number of fused-ring (bicyclic) bond motifs is 1. The second-order valence-electron chi connectivity index (χ2n) is 7.62. The Hall–Kier alpha value is -1.33. The minimum absolute atomic E-state index is 0.236. The third-order valence-corrected chi connectivity index (χ3v) is 9.46. The highest BCUT2D eigenvalue weighted by Gasteiger charge is 2.49. The number of methoxy groups -OCH3 is 2. The first-order valence-electron chi connectivity index (χ1n) is 9.47. The van der Waals surface area contributed by atoms with Crippen LogP contribution < -0.4 is 9.47 Å². The summed E-state index contributed by atoms with van der Waals surface area (Å²) in [5.74, 6) is 4.15. The van der Waals surface area contributed by atoms with Crippen LogP contribution in [0.1, 0.15) is 38.2 Å². The van der Waals surface area contributed by atoms with Crippen LogP contribution in [0.3, 0.4) is 0 Å². The Morgan fingerprint density at radius 2 is 1.78 bits per heavy atom. The van der Waals surface area contributed by atoms with Crippen LogP contribution in [0.15, 0.2) is 35.4 Å². The van der Waals surface area contributed by atoms with Crippen LogP contribution in [0, 0.1) is 5.41 Å². The van der Waals surface area contributed by atoms with Crippen LogP contribution in [0.25, 0.3) is 6.08 Å². The van der Waals surface area contributed by atoms with E-state index in [0.717, 1.165) is 36.8 Å². The van der Waals surface area contributed by atoms with Crippen molar-refractivity contribution in [2.45, 2.75) is 36.7 Å². The molecule has 2 aliphatic carbocycles. The average molecular weight is 403 g/mol. The van der Waals surface area contributed by atoms with Gasteiger partial charge >= 0.3 is 0 Å². The van der Waals surface area contributed by atoms with E-state index in [9.17, 15) is 4.79 Å². The molecule has 1 saturated heterocycles. The molecule has 0 bridgehead atoms. The topological polar surface area (TPSA) is 35.5 Å². The summed E-state index contributed by atoms with van der Waals surface area (Å²) in [6, 6.07) is 5.82. The predicted molar refractivity (Wildman–Crippen MR) is 115 cm³/mol. The second-order valence-corrected chi connectivity index (χ2v) is 10.7. The van der Waals surface area contributed by atoms with Gasteiger partial charge in [-0.25, -0.2) is 0 Å². The van der Waals surface area contributed by atoms with Gasteiger partial charge in [-0.2, -0.15) is 0 Å². The Balaban J connectivity index is 1.63. The number of carbonyl (C=O) groups excluding carboxylic acids is 1. The molecule has 1 spiro atoms. The van der Waals surface area contributed by atoms with Gasteiger partial charge in [-0.3, -0.25) is 4.79 Å². The monoisotopic (exact) mass is 402 g/mol. The van der Waals surface area contributed by atoms with Gasteiger partial charge in [-0.05, 0) is 62.0 Å². The molecule has 5 heteroatoms. The SMILES string of the molecule is COc1ccc(/C=C2\CCC3=CC4(CCC3(C)C2=O)SCCS4)cc1OC. The van der Waals surface area contributed by atoms with E-state index in [1.165, 1.54) is 17.1 Å². The zero-order chi connectivity index (χ0) is 19.1. The number of ether oxygens (including phenoxy) is 2. The molecule has 0 N–H and O–H groups in total. The number of hydrogen-bond acceptors (Lipinski definition) is 5. The first kappa shape index (κ1) is 19.0. The predicted octanol–water partition coefficient (Wildman–Crippen LogP) is 5.35. The van der Waals surface area contributed by atoms with E-state index in [1.54, 1.807) is 14.2 Å². The molecule has 0 radical (unpaired) electrons. The molecule has 1 aromatic carbocycles. The summed E-state index contributed by atoms with van der Waals surface area (Å²) in [6.45, 7) is 2.15. The fourth-order valence-corrected chi connectivity index (χ4v) is 7.54. The summed E-state index contributed by atoms with van der Waals surface area (Å²) in [5.41, 5.74) is 2.96. The van der Waals surface area contributed by atoms with Crippen LogP contribution in [-0.4, -0.2) is 35.6 Å². The number of Topliss-reactive ketones (excluding diaryl/α,β-unsaturated/α-hetero) is 1. The van der Waals surface area contributed by atoms with E-state index >= 15 is 0 Å². The van der Waals surface area contributed by atoms with Crippen molar-refractivity contribution in [1.82, 2.24) is 0 Å². The minimum Gasteiger partial charge on any atom is -0.493 e. The van der Waals surface area contributed by atoms with Crippen molar-refractivity contribution in [1.29, 1.82) is 0 Å².